The van der Waals surface area contributed by atoms with E-state index in [1.54, 1.807) is 17.4 Å². The lowest BCUT2D eigenvalue weighted by atomic mass is 9.91. The van der Waals surface area contributed by atoms with E-state index in [0.29, 0.717) is 18.2 Å². The second-order valence-electron chi connectivity index (χ2n) is 7.13. The summed E-state index contributed by atoms with van der Waals surface area (Å²) in [7, 11) is 0. The van der Waals surface area contributed by atoms with Crippen molar-refractivity contribution in [3.05, 3.63) is 45.4 Å². The van der Waals surface area contributed by atoms with Crippen LogP contribution in [0.2, 0.25) is 0 Å². The van der Waals surface area contributed by atoms with E-state index in [1.807, 2.05) is 11.8 Å². The third-order valence-electron chi connectivity index (χ3n) is 5.35. The number of aromatic nitrogens is 2. The number of nitrogens with zero attached hydrogens (tertiary/aromatic N) is 3. The number of likely N-dealkylation sites (tertiary alicyclic amines) is 1. The molecule has 0 aliphatic carbocycles. The fourth-order valence-electron chi connectivity index (χ4n) is 3.73. The molecule has 26 heavy (non-hydrogen) atoms. The van der Waals surface area contributed by atoms with E-state index < -0.39 is 0 Å². The minimum atomic E-state index is -0.389. The van der Waals surface area contributed by atoms with Gasteiger partial charge < -0.3 is 9.64 Å². The van der Waals surface area contributed by atoms with Gasteiger partial charge >= 0.3 is 0 Å². The molecule has 2 saturated heterocycles. The molecule has 2 aromatic rings. The van der Waals surface area contributed by atoms with Crippen molar-refractivity contribution in [2.75, 3.05) is 13.1 Å². The predicted molar refractivity (Wildman–Crippen MR) is 96.4 cm³/mol. The first-order valence-electron chi connectivity index (χ1n) is 8.97. The summed E-state index contributed by atoms with van der Waals surface area (Å²) in [5.74, 6) is 0.119. The van der Waals surface area contributed by atoms with E-state index in [2.05, 4.69) is 16.9 Å². The summed E-state index contributed by atoms with van der Waals surface area (Å²) >= 11 is 1.71. The first kappa shape index (κ1) is 17.5. The smallest absolute Gasteiger partial charge is 0.228 e. The fourth-order valence-corrected chi connectivity index (χ4v) is 4.70. The number of carbonyl (C=O) groups excluding carboxylic acids is 1. The van der Waals surface area contributed by atoms with Crippen LogP contribution in [-0.2, 0) is 16.0 Å². The maximum Gasteiger partial charge on any atom is 0.228 e. The zero-order valence-corrected chi connectivity index (χ0v) is 15.8. The summed E-state index contributed by atoms with van der Waals surface area (Å²) in [6, 6.07) is 2.90. The van der Waals surface area contributed by atoms with E-state index in [0.717, 1.165) is 36.3 Å². The highest BCUT2D eigenvalue weighted by Gasteiger charge is 2.41. The molecule has 0 N–H and O–H groups in total. The van der Waals surface area contributed by atoms with Crippen LogP contribution in [0.3, 0.4) is 0 Å². The molecule has 0 aromatic carbocycles. The SMILES string of the molecule is Cc1nc([C@@H]2C[C@@H]3CCN(C(=O)Cc4ccc(F)cn4)C[C@H]3O2)sc1C. The molecular formula is C19H22FN3O2S. The summed E-state index contributed by atoms with van der Waals surface area (Å²) in [4.78, 5) is 24.3. The second kappa shape index (κ2) is 7.04. The van der Waals surface area contributed by atoms with Gasteiger partial charge in [-0.2, -0.15) is 0 Å². The molecule has 0 radical (unpaired) electrons. The number of halogens is 1. The number of amides is 1. The highest BCUT2D eigenvalue weighted by molar-refractivity contribution is 7.11. The van der Waals surface area contributed by atoms with E-state index in [1.165, 1.54) is 10.9 Å². The maximum atomic E-state index is 13.0. The molecule has 1 amide bonds. The van der Waals surface area contributed by atoms with Crippen LogP contribution in [0, 0.1) is 25.6 Å². The third kappa shape index (κ3) is 3.50. The van der Waals surface area contributed by atoms with E-state index in [-0.39, 0.29) is 30.4 Å². The topological polar surface area (TPSA) is 55.3 Å². The molecule has 2 aliphatic heterocycles. The average Bonchev–Trinajstić information content (AvgIpc) is 3.19. The van der Waals surface area contributed by atoms with Crippen LogP contribution in [0.1, 0.15) is 40.2 Å². The van der Waals surface area contributed by atoms with Gasteiger partial charge in [-0.05, 0) is 44.7 Å². The molecule has 3 atom stereocenters. The van der Waals surface area contributed by atoms with Crippen molar-refractivity contribution in [3.8, 4) is 0 Å². The van der Waals surface area contributed by atoms with Gasteiger partial charge in [-0.25, -0.2) is 9.37 Å². The van der Waals surface area contributed by atoms with E-state index in [9.17, 15) is 9.18 Å². The van der Waals surface area contributed by atoms with Crippen molar-refractivity contribution in [2.45, 2.75) is 45.3 Å². The molecule has 2 aliphatic rings. The molecule has 0 spiro atoms. The Morgan fingerprint density at radius 3 is 2.96 bits per heavy atom. The molecule has 138 valence electrons. The van der Waals surface area contributed by atoms with Crippen molar-refractivity contribution in [2.24, 2.45) is 5.92 Å². The summed E-state index contributed by atoms with van der Waals surface area (Å²) in [5, 5.41) is 1.06. The molecule has 0 unspecified atom stereocenters. The van der Waals surface area contributed by atoms with Crippen molar-refractivity contribution in [1.29, 1.82) is 0 Å². The molecule has 2 aromatic heterocycles. The minimum Gasteiger partial charge on any atom is -0.366 e. The lowest BCUT2D eigenvalue weighted by Crippen LogP contribution is -2.45. The Morgan fingerprint density at radius 2 is 2.27 bits per heavy atom. The van der Waals surface area contributed by atoms with Gasteiger partial charge in [-0.1, -0.05) is 0 Å². The monoisotopic (exact) mass is 375 g/mol. The van der Waals surface area contributed by atoms with Crippen LogP contribution in [0.25, 0.3) is 0 Å². The van der Waals surface area contributed by atoms with Crippen LogP contribution in [0.15, 0.2) is 18.3 Å². The number of carbonyl (C=O) groups is 1. The standard InChI is InChI=1S/C19H22FN3O2S/c1-11-12(2)26-19(22-11)16-7-13-5-6-23(10-17(13)25-16)18(24)8-15-4-3-14(20)9-21-15/h3-4,9,13,16-17H,5-8,10H2,1-2H3/t13-,16-,17+/m0/s1. The molecule has 2 fully saturated rings. The molecule has 7 heteroatoms. The van der Waals surface area contributed by atoms with Crippen molar-refractivity contribution in [1.82, 2.24) is 14.9 Å². The number of piperidine rings is 1. The first-order chi connectivity index (χ1) is 12.5. The van der Waals surface area contributed by atoms with Crippen LogP contribution in [-0.4, -0.2) is 40.0 Å². The Bertz CT molecular complexity index is 788. The number of rotatable bonds is 3. The van der Waals surface area contributed by atoms with Gasteiger partial charge in [-0.3, -0.25) is 9.78 Å². The zero-order chi connectivity index (χ0) is 18.3. The largest absolute Gasteiger partial charge is 0.366 e. The molecular weight excluding hydrogens is 353 g/mol. The Labute approximate surface area is 156 Å². The fraction of sp³-hybridized carbons (Fsp3) is 0.526. The van der Waals surface area contributed by atoms with Gasteiger partial charge in [0.25, 0.3) is 0 Å². The second-order valence-corrected chi connectivity index (χ2v) is 8.36. The van der Waals surface area contributed by atoms with Crippen LogP contribution in [0.4, 0.5) is 4.39 Å². The third-order valence-corrected chi connectivity index (χ3v) is 6.51. The molecule has 5 nitrogen and oxygen atoms in total. The number of fused-ring (bicyclic) bond motifs is 1. The lowest BCUT2D eigenvalue weighted by molar-refractivity contribution is -0.135. The van der Waals surface area contributed by atoms with Crippen molar-refractivity contribution < 1.29 is 13.9 Å². The van der Waals surface area contributed by atoms with Gasteiger partial charge in [0.2, 0.25) is 5.91 Å². The summed E-state index contributed by atoms with van der Waals surface area (Å²) < 4.78 is 19.2. The predicted octanol–water partition coefficient (Wildman–Crippen LogP) is 3.22. The highest BCUT2D eigenvalue weighted by atomic mass is 32.1. The van der Waals surface area contributed by atoms with Crippen LogP contribution in [0.5, 0.6) is 0 Å². The number of ether oxygens (including phenoxy) is 1. The Balaban J connectivity index is 1.38. The Morgan fingerprint density at radius 1 is 1.42 bits per heavy atom. The van der Waals surface area contributed by atoms with Crippen LogP contribution >= 0.6 is 11.3 Å². The molecule has 4 heterocycles. The number of aryl methyl sites for hydroxylation is 2. The van der Waals surface area contributed by atoms with Crippen molar-refractivity contribution in [3.63, 3.8) is 0 Å². The van der Waals surface area contributed by atoms with Crippen LogP contribution < -0.4 is 0 Å². The summed E-state index contributed by atoms with van der Waals surface area (Å²) in [6.45, 7) is 5.47. The summed E-state index contributed by atoms with van der Waals surface area (Å²) in [5.41, 5.74) is 1.67. The van der Waals surface area contributed by atoms with Gasteiger partial charge in [0, 0.05) is 23.7 Å². The maximum absolute atomic E-state index is 13.0. The van der Waals surface area contributed by atoms with Gasteiger partial charge in [0.1, 0.15) is 16.9 Å². The molecule has 0 saturated carbocycles. The van der Waals surface area contributed by atoms with E-state index >= 15 is 0 Å². The number of hydrogen-bond donors (Lipinski definition) is 0. The van der Waals surface area contributed by atoms with Gasteiger partial charge in [-0.15, -0.1) is 11.3 Å². The number of thiazole rings is 1. The number of hydrogen-bond acceptors (Lipinski definition) is 5. The van der Waals surface area contributed by atoms with Gasteiger partial charge in [0.05, 0.1) is 24.4 Å². The van der Waals surface area contributed by atoms with Crippen molar-refractivity contribution >= 4 is 17.2 Å². The zero-order valence-electron chi connectivity index (χ0n) is 14.9. The Kier molecular flexibility index (Phi) is 4.75. The number of pyridine rings is 1. The first-order valence-corrected chi connectivity index (χ1v) is 9.79. The quantitative estimate of drug-likeness (QED) is 0.827. The normalized spacial score (nSPS) is 25.3. The van der Waals surface area contributed by atoms with E-state index in [4.69, 9.17) is 4.74 Å². The Hall–Kier alpha value is -1.86. The van der Waals surface area contributed by atoms with Gasteiger partial charge in [0.15, 0.2) is 0 Å². The minimum absolute atomic E-state index is 0.0237. The average molecular weight is 375 g/mol. The lowest BCUT2D eigenvalue weighted by Gasteiger charge is -2.34. The summed E-state index contributed by atoms with van der Waals surface area (Å²) in [6.07, 6.45) is 3.41. The highest BCUT2D eigenvalue weighted by Crippen LogP contribution is 2.42. The molecule has 0 bridgehead atoms. The molecule has 4 rings (SSSR count).